The van der Waals surface area contributed by atoms with E-state index < -0.39 is 0 Å². The lowest BCUT2D eigenvalue weighted by atomic mass is 9.98. The van der Waals surface area contributed by atoms with Gasteiger partial charge in [-0.25, -0.2) is 9.97 Å². The zero-order chi connectivity index (χ0) is 19.7. The van der Waals surface area contributed by atoms with E-state index >= 15 is 0 Å². The van der Waals surface area contributed by atoms with Gasteiger partial charge in [-0.05, 0) is 36.3 Å². The third kappa shape index (κ3) is 2.97. The first-order valence-corrected chi connectivity index (χ1v) is 8.99. The van der Waals surface area contributed by atoms with E-state index in [0.717, 1.165) is 44.8 Å². The van der Waals surface area contributed by atoms with Crippen molar-refractivity contribution in [2.24, 2.45) is 7.05 Å². The van der Waals surface area contributed by atoms with Crippen molar-refractivity contribution < 1.29 is 4.79 Å². The second kappa shape index (κ2) is 7.12. The third-order valence-corrected chi connectivity index (χ3v) is 4.83. The summed E-state index contributed by atoms with van der Waals surface area (Å²) < 4.78 is 2.10. The molecule has 4 aromatic rings. The standard InChI is InChI=1S/C23H20N4O/c1-4-19(28)26-18-12-10-17(11-13-18)22-21(16-8-6-5-7-9-16)20-15(2)24-14-25-23(20)27(22)3/h4-14H,1H2,2-3H3,(H,26,28). The maximum absolute atomic E-state index is 11.5. The molecule has 0 unspecified atom stereocenters. The second-order valence-corrected chi connectivity index (χ2v) is 6.58. The van der Waals surface area contributed by atoms with Crippen LogP contribution in [0.5, 0.6) is 0 Å². The monoisotopic (exact) mass is 368 g/mol. The largest absolute Gasteiger partial charge is 0.328 e. The molecule has 5 nitrogen and oxygen atoms in total. The predicted octanol–water partition coefficient (Wildman–Crippen LogP) is 4.74. The van der Waals surface area contributed by atoms with Gasteiger partial charge in [0.25, 0.3) is 0 Å². The number of rotatable bonds is 4. The van der Waals surface area contributed by atoms with Crippen molar-refractivity contribution >= 4 is 22.6 Å². The molecule has 4 rings (SSSR count). The van der Waals surface area contributed by atoms with E-state index in [2.05, 4.69) is 38.6 Å². The Balaban J connectivity index is 1.94. The fourth-order valence-corrected chi connectivity index (χ4v) is 3.53. The van der Waals surface area contributed by atoms with Gasteiger partial charge in [0.2, 0.25) is 5.91 Å². The molecule has 0 spiro atoms. The van der Waals surface area contributed by atoms with Crippen molar-refractivity contribution in [3.05, 3.63) is 79.3 Å². The van der Waals surface area contributed by atoms with Crippen LogP contribution in [-0.2, 0) is 11.8 Å². The van der Waals surface area contributed by atoms with Crippen molar-refractivity contribution in [1.29, 1.82) is 0 Å². The first-order valence-electron chi connectivity index (χ1n) is 8.99. The smallest absolute Gasteiger partial charge is 0.247 e. The summed E-state index contributed by atoms with van der Waals surface area (Å²) in [6, 6.07) is 18.1. The molecule has 2 heterocycles. The molecule has 0 saturated heterocycles. The van der Waals surface area contributed by atoms with Gasteiger partial charge in [-0.1, -0.05) is 49.0 Å². The Bertz CT molecular complexity index is 1170. The van der Waals surface area contributed by atoms with Crippen molar-refractivity contribution in [3.63, 3.8) is 0 Å². The van der Waals surface area contributed by atoms with Gasteiger partial charge < -0.3 is 9.88 Å². The van der Waals surface area contributed by atoms with Crippen LogP contribution < -0.4 is 5.32 Å². The molecule has 28 heavy (non-hydrogen) atoms. The number of anilines is 1. The molecule has 5 heteroatoms. The molecule has 0 atom stereocenters. The van der Waals surface area contributed by atoms with Gasteiger partial charge >= 0.3 is 0 Å². The van der Waals surface area contributed by atoms with Crippen LogP contribution in [0.3, 0.4) is 0 Å². The Morgan fingerprint density at radius 3 is 2.43 bits per heavy atom. The molecule has 138 valence electrons. The number of carbonyl (C=O) groups is 1. The van der Waals surface area contributed by atoms with Gasteiger partial charge in [0.1, 0.15) is 12.0 Å². The van der Waals surface area contributed by atoms with Crippen molar-refractivity contribution in [1.82, 2.24) is 14.5 Å². The first kappa shape index (κ1) is 17.7. The molecule has 1 N–H and O–H groups in total. The van der Waals surface area contributed by atoms with Crippen molar-refractivity contribution in [2.75, 3.05) is 5.32 Å². The highest BCUT2D eigenvalue weighted by Gasteiger charge is 2.21. The van der Waals surface area contributed by atoms with E-state index in [-0.39, 0.29) is 5.91 Å². The highest BCUT2D eigenvalue weighted by atomic mass is 16.1. The summed E-state index contributed by atoms with van der Waals surface area (Å²) in [5.74, 6) is -0.228. The fraction of sp³-hybridized carbons (Fsp3) is 0.0870. The third-order valence-electron chi connectivity index (χ3n) is 4.83. The van der Waals surface area contributed by atoms with E-state index in [1.807, 2.05) is 56.4 Å². The fourth-order valence-electron chi connectivity index (χ4n) is 3.53. The topological polar surface area (TPSA) is 59.8 Å². The minimum Gasteiger partial charge on any atom is -0.328 e. The average Bonchev–Trinajstić information content (AvgIpc) is 3.03. The summed E-state index contributed by atoms with van der Waals surface area (Å²) in [5, 5.41) is 3.83. The lowest BCUT2D eigenvalue weighted by Crippen LogP contribution is -2.06. The van der Waals surface area contributed by atoms with Crippen LogP contribution in [0.15, 0.2) is 73.6 Å². The predicted molar refractivity (Wildman–Crippen MR) is 113 cm³/mol. The number of aromatic nitrogens is 3. The molecule has 0 aliphatic heterocycles. The SMILES string of the molecule is C=CC(=O)Nc1ccc(-c2c(-c3ccccc3)c3c(C)ncnc3n2C)cc1. The van der Waals surface area contributed by atoms with E-state index in [1.54, 1.807) is 6.33 Å². The molecule has 0 radical (unpaired) electrons. The van der Waals surface area contributed by atoms with E-state index in [1.165, 1.54) is 6.08 Å². The molecule has 0 fully saturated rings. The summed E-state index contributed by atoms with van der Waals surface area (Å²) in [7, 11) is 2.02. The maximum Gasteiger partial charge on any atom is 0.247 e. The molecule has 2 aromatic heterocycles. The van der Waals surface area contributed by atoms with Crippen LogP contribution in [0.25, 0.3) is 33.4 Å². The first-order chi connectivity index (χ1) is 13.6. The molecule has 0 aliphatic carbocycles. The number of nitrogens with one attached hydrogen (secondary N) is 1. The summed E-state index contributed by atoms with van der Waals surface area (Å²) in [6.07, 6.45) is 2.86. The summed E-state index contributed by atoms with van der Waals surface area (Å²) in [6.45, 7) is 5.49. The van der Waals surface area contributed by atoms with Gasteiger partial charge in [-0.3, -0.25) is 4.79 Å². The number of hydrogen-bond donors (Lipinski definition) is 1. The zero-order valence-corrected chi connectivity index (χ0v) is 15.8. The van der Waals surface area contributed by atoms with E-state index in [9.17, 15) is 4.79 Å². The Morgan fingerprint density at radius 2 is 1.75 bits per heavy atom. The lowest BCUT2D eigenvalue weighted by molar-refractivity contribution is -0.111. The Kier molecular flexibility index (Phi) is 4.49. The number of fused-ring (bicyclic) bond motifs is 1. The zero-order valence-electron chi connectivity index (χ0n) is 15.8. The van der Waals surface area contributed by atoms with Gasteiger partial charge in [0.15, 0.2) is 0 Å². The Hall–Kier alpha value is -3.73. The highest BCUT2D eigenvalue weighted by molar-refractivity contribution is 6.04. The van der Waals surface area contributed by atoms with Crippen LogP contribution in [0, 0.1) is 6.92 Å². The van der Waals surface area contributed by atoms with Crippen LogP contribution in [0.4, 0.5) is 5.69 Å². The van der Waals surface area contributed by atoms with E-state index in [4.69, 9.17) is 0 Å². The number of amides is 1. The molecule has 1 amide bonds. The van der Waals surface area contributed by atoms with Crippen LogP contribution >= 0.6 is 0 Å². The number of benzene rings is 2. The second-order valence-electron chi connectivity index (χ2n) is 6.58. The normalized spacial score (nSPS) is 10.8. The Morgan fingerprint density at radius 1 is 1.04 bits per heavy atom. The molecule has 2 aromatic carbocycles. The molecular weight excluding hydrogens is 348 g/mol. The summed E-state index contributed by atoms with van der Waals surface area (Å²) in [4.78, 5) is 20.5. The quantitative estimate of drug-likeness (QED) is 0.530. The number of hydrogen-bond acceptors (Lipinski definition) is 3. The molecular formula is C23H20N4O. The number of carbonyl (C=O) groups excluding carboxylic acids is 1. The van der Waals surface area contributed by atoms with Gasteiger partial charge in [-0.2, -0.15) is 0 Å². The van der Waals surface area contributed by atoms with Crippen molar-refractivity contribution in [3.8, 4) is 22.4 Å². The number of aryl methyl sites for hydroxylation is 2. The lowest BCUT2D eigenvalue weighted by Gasteiger charge is -2.10. The Labute approximate surface area is 163 Å². The van der Waals surface area contributed by atoms with Gasteiger partial charge in [0, 0.05) is 23.7 Å². The molecule has 0 saturated carbocycles. The molecule has 0 aliphatic rings. The summed E-state index contributed by atoms with van der Waals surface area (Å²) in [5.41, 5.74) is 6.89. The van der Waals surface area contributed by atoms with E-state index in [0.29, 0.717) is 0 Å². The minimum absolute atomic E-state index is 0.228. The van der Waals surface area contributed by atoms with Crippen molar-refractivity contribution in [2.45, 2.75) is 6.92 Å². The maximum atomic E-state index is 11.5. The van der Waals surface area contributed by atoms with Gasteiger partial charge in [0.05, 0.1) is 11.4 Å². The molecule has 0 bridgehead atoms. The summed E-state index contributed by atoms with van der Waals surface area (Å²) >= 11 is 0. The average molecular weight is 368 g/mol. The van der Waals surface area contributed by atoms with Crippen LogP contribution in [0.2, 0.25) is 0 Å². The number of nitrogens with zero attached hydrogens (tertiary/aromatic N) is 3. The van der Waals surface area contributed by atoms with Gasteiger partial charge in [-0.15, -0.1) is 0 Å². The van der Waals surface area contributed by atoms with Crippen LogP contribution in [-0.4, -0.2) is 20.4 Å². The van der Waals surface area contributed by atoms with Crippen LogP contribution in [0.1, 0.15) is 5.69 Å². The highest BCUT2D eigenvalue weighted by Crippen LogP contribution is 2.40. The minimum atomic E-state index is -0.228.